The summed E-state index contributed by atoms with van der Waals surface area (Å²) in [4.78, 5) is 24.2. The number of fused-ring (bicyclic) bond motifs is 1. The Hall–Kier alpha value is -3.98. The number of nitrogens with zero attached hydrogens (tertiary/aromatic N) is 4. The van der Waals surface area contributed by atoms with Gasteiger partial charge in [0.05, 0.1) is 19.0 Å². The number of anilines is 2. The summed E-state index contributed by atoms with van der Waals surface area (Å²) in [6.45, 7) is 4.30. The number of hydrogen-bond donors (Lipinski definition) is 2. The zero-order valence-corrected chi connectivity index (χ0v) is 20.2. The molecule has 1 spiro atoms. The van der Waals surface area contributed by atoms with Gasteiger partial charge in [0.2, 0.25) is 0 Å². The van der Waals surface area contributed by atoms with Gasteiger partial charge in [-0.3, -0.25) is 9.20 Å². The maximum absolute atomic E-state index is 14.3. The van der Waals surface area contributed by atoms with Crippen LogP contribution in [0.3, 0.4) is 0 Å². The zero-order valence-electron chi connectivity index (χ0n) is 20.2. The Morgan fingerprint density at radius 3 is 2.81 bits per heavy atom. The minimum atomic E-state index is -0.435. The minimum absolute atomic E-state index is 0.0803. The fraction of sp³-hybridized carbons (Fsp3) is 0.296. The average molecular weight is 487 g/mol. The summed E-state index contributed by atoms with van der Waals surface area (Å²) in [6, 6.07) is 10.5. The molecule has 2 fully saturated rings. The Morgan fingerprint density at radius 1 is 1.19 bits per heavy atom. The molecule has 6 rings (SSSR count). The molecule has 1 aliphatic carbocycles. The highest BCUT2D eigenvalue weighted by atomic mass is 19.1. The average Bonchev–Trinajstić information content (AvgIpc) is 3.46. The van der Waals surface area contributed by atoms with Gasteiger partial charge in [-0.1, -0.05) is 0 Å². The Balaban J connectivity index is 1.25. The van der Waals surface area contributed by atoms with E-state index in [1.54, 1.807) is 30.7 Å². The summed E-state index contributed by atoms with van der Waals surface area (Å²) in [7, 11) is 1.44. The molecule has 4 aromatic rings. The number of ether oxygens (including phenoxy) is 1. The quantitative estimate of drug-likeness (QED) is 0.441. The third-order valence-corrected chi connectivity index (χ3v) is 7.11. The summed E-state index contributed by atoms with van der Waals surface area (Å²) in [5.74, 6) is 0.402. The summed E-state index contributed by atoms with van der Waals surface area (Å²) in [5.41, 5.74) is 4.60. The standard InChI is InChI=1S/C27H27FN6O2/c1-17-13-19(4-5-20(17)26(35)33-11-10-31-27(16-33)7-8-27)32-24-25-30-15-22(34(25)12-9-29-24)18-3-6-23(36-2)21(28)14-18/h3-6,9,12-15,31H,7-8,10-11,16H2,1-2H3,(H,29,32). The molecule has 1 saturated carbocycles. The predicted molar refractivity (Wildman–Crippen MR) is 135 cm³/mol. The van der Waals surface area contributed by atoms with Crippen LogP contribution in [0.2, 0.25) is 0 Å². The van der Waals surface area contributed by atoms with Crippen molar-refractivity contribution in [3.63, 3.8) is 0 Å². The number of methoxy groups -OCH3 is 1. The molecule has 2 aromatic carbocycles. The number of nitrogens with one attached hydrogen (secondary N) is 2. The van der Waals surface area contributed by atoms with Crippen LogP contribution in [0.1, 0.15) is 28.8 Å². The van der Waals surface area contributed by atoms with Gasteiger partial charge in [0.15, 0.2) is 23.0 Å². The van der Waals surface area contributed by atoms with Crippen LogP contribution in [-0.2, 0) is 0 Å². The first-order valence-electron chi connectivity index (χ1n) is 12.0. The number of rotatable bonds is 5. The third-order valence-electron chi connectivity index (χ3n) is 7.11. The van der Waals surface area contributed by atoms with Gasteiger partial charge >= 0.3 is 0 Å². The van der Waals surface area contributed by atoms with Crippen molar-refractivity contribution in [2.75, 3.05) is 32.1 Å². The number of piperazine rings is 1. The maximum atomic E-state index is 14.3. The van der Waals surface area contributed by atoms with Gasteiger partial charge in [0.25, 0.3) is 5.91 Å². The second kappa shape index (κ2) is 8.60. The van der Waals surface area contributed by atoms with Crippen molar-refractivity contribution in [1.82, 2.24) is 24.6 Å². The molecule has 2 aliphatic rings. The van der Waals surface area contributed by atoms with Crippen LogP contribution in [0, 0.1) is 12.7 Å². The van der Waals surface area contributed by atoms with Crippen LogP contribution in [0.4, 0.5) is 15.9 Å². The fourth-order valence-electron chi connectivity index (χ4n) is 4.95. The number of halogens is 1. The number of benzene rings is 2. The van der Waals surface area contributed by atoms with Crippen LogP contribution in [0.25, 0.3) is 16.9 Å². The lowest BCUT2D eigenvalue weighted by molar-refractivity contribution is 0.0690. The molecule has 1 saturated heterocycles. The molecule has 0 radical (unpaired) electrons. The molecule has 9 heteroatoms. The number of carbonyl (C=O) groups excluding carboxylic acids is 1. The van der Waals surface area contributed by atoms with Crippen LogP contribution in [0.5, 0.6) is 5.75 Å². The molecule has 2 aromatic heterocycles. The lowest BCUT2D eigenvalue weighted by atomic mass is 10.0. The second-order valence-corrected chi connectivity index (χ2v) is 9.55. The van der Waals surface area contributed by atoms with Crippen molar-refractivity contribution in [1.29, 1.82) is 0 Å². The molecule has 0 unspecified atom stereocenters. The van der Waals surface area contributed by atoms with Crippen LogP contribution in [0.15, 0.2) is 55.0 Å². The van der Waals surface area contributed by atoms with Gasteiger partial charge in [-0.05, 0) is 61.7 Å². The first kappa shape index (κ1) is 22.5. The maximum Gasteiger partial charge on any atom is 0.254 e. The number of carbonyl (C=O) groups is 1. The van der Waals surface area contributed by atoms with E-state index in [1.807, 2.05) is 34.4 Å². The highest BCUT2D eigenvalue weighted by Gasteiger charge is 2.46. The van der Waals surface area contributed by atoms with Gasteiger partial charge in [-0.2, -0.15) is 0 Å². The Kier molecular flexibility index (Phi) is 5.37. The molecule has 8 nitrogen and oxygen atoms in total. The zero-order chi connectivity index (χ0) is 24.9. The molecule has 2 N–H and O–H groups in total. The molecule has 36 heavy (non-hydrogen) atoms. The van der Waals surface area contributed by atoms with E-state index in [0.29, 0.717) is 22.6 Å². The first-order valence-corrected chi connectivity index (χ1v) is 12.0. The minimum Gasteiger partial charge on any atom is -0.494 e. The van der Waals surface area contributed by atoms with Crippen LogP contribution in [-0.4, -0.2) is 57.5 Å². The van der Waals surface area contributed by atoms with Crippen LogP contribution >= 0.6 is 0 Å². The topological polar surface area (TPSA) is 83.8 Å². The molecular formula is C27H27FN6O2. The number of imidazole rings is 1. The summed E-state index contributed by atoms with van der Waals surface area (Å²) >= 11 is 0. The van der Waals surface area contributed by atoms with Crippen LogP contribution < -0.4 is 15.4 Å². The largest absolute Gasteiger partial charge is 0.494 e. The van der Waals surface area contributed by atoms with E-state index >= 15 is 0 Å². The van der Waals surface area contributed by atoms with Crippen molar-refractivity contribution < 1.29 is 13.9 Å². The number of aromatic nitrogens is 3. The van der Waals surface area contributed by atoms with Crippen molar-refractivity contribution >= 4 is 23.1 Å². The monoisotopic (exact) mass is 486 g/mol. The summed E-state index contributed by atoms with van der Waals surface area (Å²) in [5, 5.41) is 6.88. The molecular weight excluding hydrogens is 459 g/mol. The van der Waals surface area contributed by atoms with Crippen molar-refractivity contribution in [3.05, 3.63) is 71.9 Å². The van der Waals surface area contributed by atoms with E-state index in [1.165, 1.54) is 13.2 Å². The van der Waals surface area contributed by atoms with Gasteiger partial charge in [0, 0.05) is 54.4 Å². The van der Waals surface area contributed by atoms with Gasteiger partial charge in [0.1, 0.15) is 0 Å². The Bertz CT molecular complexity index is 1480. The van der Waals surface area contributed by atoms with Gasteiger partial charge in [-0.25, -0.2) is 14.4 Å². The predicted octanol–water partition coefficient (Wildman–Crippen LogP) is 4.17. The van der Waals surface area contributed by atoms with Crippen molar-refractivity contribution in [2.24, 2.45) is 0 Å². The van der Waals surface area contributed by atoms with E-state index in [0.717, 1.165) is 49.4 Å². The summed E-state index contributed by atoms with van der Waals surface area (Å²) < 4.78 is 21.2. The molecule has 1 aliphatic heterocycles. The number of amides is 1. The molecule has 0 atom stereocenters. The lowest BCUT2D eigenvalue weighted by Crippen LogP contribution is -2.54. The smallest absolute Gasteiger partial charge is 0.254 e. The van der Waals surface area contributed by atoms with E-state index in [9.17, 15) is 9.18 Å². The summed E-state index contributed by atoms with van der Waals surface area (Å²) in [6.07, 6.45) is 7.43. The molecule has 1 amide bonds. The Morgan fingerprint density at radius 2 is 2.06 bits per heavy atom. The van der Waals surface area contributed by atoms with E-state index in [-0.39, 0.29) is 17.2 Å². The van der Waals surface area contributed by atoms with Gasteiger partial charge in [-0.15, -0.1) is 0 Å². The SMILES string of the molecule is COc1ccc(-c2cnc3c(Nc4ccc(C(=O)N5CCNC6(CC6)C5)c(C)c4)nccn23)cc1F. The van der Waals surface area contributed by atoms with Crippen molar-refractivity contribution in [2.45, 2.75) is 25.3 Å². The third kappa shape index (κ3) is 3.95. The van der Waals surface area contributed by atoms with E-state index < -0.39 is 5.82 Å². The fourth-order valence-corrected chi connectivity index (χ4v) is 4.95. The molecule has 0 bridgehead atoms. The van der Waals surface area contributed by atoms with E-state index in [4.69, 9.17) is 4.74 Å². The number of aryl methyl sites for hydroxylation is 1. The second-order valence-electron chi connectivity index (χ2n) is 9.55. The normalized spacial score (nSPS) is 16.4. The van der Waals surface area contributed by atoms with Gasteiger partial charge < -0.3 is 20.3 Å². The molecule has 184 valence electrons. The lowest BCUT2D eigenvalue weighted by Gasteiger charge is -2.34. The highest BCUT2D eigenvalue weighted by Crippen LogP contribution is 2.38. The van der Waals surface area contributed by atoms with E-state index in [2.05, 4.69) is 20.6 Å². The molecule has 3 heterocycles. The Labute approximate surface area is 208 Å². The first-order chi connectivity index (χ1) is 17.5. The highest BCUT2D eigenvalue weighted by molar-refractivity contribution is 5.96. The van der Waals surface area contributed by atoms with Crippen molar-refractivity contribution in [3.8, 4) is 17.0 Å². The number of hydrogen-bond acceptors (Lipinski definition) is 6.